The van der Waals surface area contributed by atoms with E-state index in [9.17, 15) is 0 Å². The van der Waals surface area contributed by atoms with Crippen LogP contribution in [-0.4, -0.2) is 4.98 Å². The Hall–Kier alpha value is -2.23. The highest BCUT2D eigenvalue weighted by atomic mass is 79.9. The molecular weight excluding hydrogens is 378 g/mol. The molecule has 3 aromatic carbocycles. The molecule has 0 radical (unpaired) electrons. The number of aromatic nitrogens is 1. The molecule has 0 atom stereocenters. The van der Waals surface area contributed by atoms with Crippen molar-refractivity contribution in [1.82, 2.24) is 4.98 Å². The fraction of sp³-hybridized carbons (Fsp3) is 0. The van der Waals surface area contributed by atoms with Crippen molar-refractivity contribution in [2.24, 2.45) is 0 Å². The van der Waals surface area contributed by atoms with Crippen molar-refractivity contribution in [3.05, 3.63) is 77.4 Å². The predicted octanol–water partition coefficient (Wildman–Crippen LogP) is 7.03. The summed E-state index contributed by atoms with van der Waals surface area (Å²) in [6, 6.07) is 23.6. The quantitative estimate of drug-likeness (QED) is 0.299. The molecule has 3 heteroatoms. The van der Waals surface area contributed by atoms with Gasteiger partial charge in [0.2, 0.25) is 0 Å². The smallest absolute Gasteiger partial charge is 0.0894 e. The van der Waals surface area contributed by atoms with E-state index in [-0.39, 0.29) is 0 Å². The lowest BCUT2D eigenvalue weighted by molar-refractivity contribution is 1.47. The monoisotopic (exact) mass is 389 g/mol. The maximum Gasteiger partial charge on any atom is 0.0894 e. The molecule has 0 fully saturated rings. The van der Waals surface area contributed by atoms with Crippen LogP contribution in [0.5, 0.6) is 0 Å². The number of thiophene rings is 1. The van der Waals surface area contributed by atoms with Crippen LogP contribution in [0.25, 0.3) is 42.2 Å². The first-order chi connectivity index (χ1) is 11.8. The van der Waals surface area contributed by atoms with Gasteiger partial charge in [-0.05, 0) is 35.4 Å². The molecule has 0 N–H and O–H groups in total. The molecule has 0 unspecified atom stereocenters. The first kappa shape index (κ1) is 14.1. The van der Waals surface area contributed by atoms with Crippen LogP contribution in [0, 0.1) is 0 Å². The van der Waals surface area contributed by atoms with Crippen molar-refractivity contribution < 1.29 is 0 Å². The molecule has 0 aliphatic carbocycles. The molecule has 0 spiro atoms. The van der Waals surface area contributed by atoms with E-state index in [0.29, 0.717) is 0 Å². The molecule has 0 saturated carbocycles. The topological polar surface area (TPSA) is 12.9 Å². The van der Waals surface area contributed by atoms with E-state index < -0.39 is 0 Å². The van der Waals surface area contributed by atoms with E-state index in [1.54, 1.807) is 0 Å². The average molecular weight is 390 g/mol. The largest absolute Gasteiger partial charge is 0.254 e. The zero-order chi connectivity index (χ0) is 16.1. The van der Waals surface area contributed by atoms with Crippen LogP contribution in [0.2, 0.25) is 0 Å². The lowest BCUT2D eigenvalue weighted by Crippen LogP contribution is -1.82. The van der Waals surface area contributed by atoms with Crippen molar-refractivity contribution in [3.8, 4) is 11.1 Å². The minimum absolute atomic E-state index is 1.10. The Labute approximate surface area is 151 Å². The second-order valence-electron chi connectivity index (χ2n) is 5.85. The molecular formula is C21H12BrNS. The summed E-state index contributed by atoms with van der Waals surface area (Å²) < 4.78 is 3.66. The molecule has 0 aliphatic rings. The lowest BCUT2D eigenvalue weighted by Gasteiger charge is -2.05. The molecule has 114 valence electrons. The Morgan fingerprint density at radius 1 is 0.792 bits per heavy atom. The Bertz CT molecular complexity index is 1220. The standard InChI is InChI=1S/C21H12BrNS/c22-16-5-3-4-13(11-16)14-8-9-17-15(10-14)12-23-20-18-6-1-2-7-19(18)24-21(17)20/h1-12H. The summed E-state index contributed by atoms with van der Waals surface area (Å²) in [6.07, 6.45) is 2.00. The number of benzene rings is 3. The fourth-order valence-corrected chi connectivity index (χ4v) is 4.80. The van der Waals surface area contributed by atoms with Crippen molar-refractivity contribution in [2.45, 2.75) is 0 Å². The minimum Gasteiger partial charge on any atom is -0.254 e. The van der Waals surface area contributed by atoms with Crippen molar-refractivity contribution in [2.75, 3.05) is 0 Å². The summed E-state index contributed by atoms with van der Waals surface area (Å²) in [5.74, 6) is 0. The SMILES string of the molecule is Brc1cccc(-c2ccc3c(cnc4c5ccccc5sc34)c2)c1. The third kappa shape index (κ3) is 2.16. The molecule has 1 nitrogen and oxygen atoms in total. The molecule has 0 saturated heterocycles. The number of fused-ring (bicyclic) bond motifs is 5. The summed E-state index contributed by atoms with van der Waals surface area (Å²) >= 11 is 5.38. The van der Waals surface area contributed by atoms with Gasteiger partial charge in [0.1, 0.15) is 0 Å². The van der Waals surface area contributed by atoms with E-state index in [1.807, 2.05) is 23.6 Å². The van der Waals surface area contributed by atoms with E-state index in [4.69, 9.17) is 4.98 Å². The van der Waals surface area contributed by atoms with Crippen LogP contribution in [0.1, 0.15) is 0 Å². The Morgan fingerprint density at radius 3 is 2.58 bits per heavy atom. The first-order valence-corrected chi connectivity index (χ1v) is 9.36. The van der Waals surface area contributed by atoms with Gasteiger partial charge in [0, 0.05) is 31.5 Å². The summed E-state index contributed by atoms with van der Waals surface area (Å²) in [5, 5.41) is 3.71. The number of rotatable bonds is 1. The second-order valence-corrected chi connectivity index (χ2v) is 7.81. The van der Waals surface area contributed by atoms with E-state index in [1.165, 1.54) is 36.7 Å². The molecule has 0 bridgehead atoms. The lowest BCUT2D eigenvalue weighted by atomic mass is 10.0. The predicted molar refractivity (Wildman–Crippen MR) is 108 cm³/mol. The van der Waals surface area contributed by atoms with E-state index in [2.05, 4.69) is 76.6 Å². The first-order valence-electron chi connectivity index (χ1n) is 7.75. The van der Waals surface area contributed by atoms with Gasteiger partial charge in [0.05, 0.1) is 10.2 Å². The Balaban J connectivity index is 1.79. The molecule has 0 aliphatic heterocycles. The van der Waals surface area contributed by atoms with Crippen LogP contribution in [0.4, 0.5) is 0 Å². The average Bonchev–Trinajstić information content (AvgIpc) is 3.00. The van der Waals surface area contributed by atoms with E-state index in [0.717, 1.165) is 9.99 Å². The highest BCUT2D eigenvalue weighted by Crippen LogP contribution is 2.37. The second kappa shape index (κ2) is 5.40. The maximum atomic E-state index is 4.75. The summed E-state index contributed by atoms with van der Waals surface area (Å²) in [4.78, 5) is 4.75. The minimum atomic E-state index is 1.10. The number of hydrogen-bond acceptors (Lipinski definition) is 2. The van der Waals surface area contributed by atoms with Crippen molar-refractivity contribution in [1.29, 1.82) is 0 Å². The summed E-state index contributed by atoms with van der Waals surface area (Å²) in [7, 11) is 0. The van der Waals surface area contributed by atoms with Crippen molar-refractivity contribution >= 4 is 58.3 Å². The van der Waals surface area contributed by atoms with Gasteiger partial charge in [-0.3, -0.25) is 4.98 Å². The van der Waals surface area contributed by atoms with Gasteiger partial charge in [0.15, 0.2) is 0 Å². The van der Waals surface area contributed by atoms with Gasteiger partial charge in [-0.1, -0.05) is 58.4 Å². The van der Waals surface area contributed by atoms with Gasteiger partial charge in [-0.2, -0.15) is 0 Å². The number of pyridine rings is 1. The number of hydrogen-bond donors (Lipinski definition) is 0. The van der Waals surface area contributed by atoms with Gasteiger partial charge in [0.25, 0.3) is 0 Å². The molecule has 5 aromatic rings. The highest BCUT2D eigenvalue weighted by molar-refractivity contribution is 9.10. The van der Waals surface area contributed by atoms with Crippen LogP contribution >= 0.6 is 27.3 Å². The zero-order valence-electron chi connectivity index (χ0n) is 12.7. The number of nitrogens with zero attached hydrogens (tertiary/aromatic N) is 1. The van der Waals surface area contributed by atoms with Gasteiger partial charge in [-0.25, -0.2) is 0 Å². The van der Waals surface area contributed by atoms with Crippen LogP contribution in [0.3, 0.4) is 0 Å². The van der Waals surface area contributed by atoms with Crippen LogP contribution in [0.15, 0.2) is 77.4 Å². The molecule has 0 amide bonds. The van der Waals surface area contributed by atoms with E-state index >= 15 is 0 Å². The van der Waals surface area contributed by atoms with Crippen molar-refractivity contribution in [3.63, 3.8) is 0 Å². The summed E-state index contributed by atoms with van der Waals surface area (Å²) in [6.45, 7) is 0. The fourth-order valence-electron chi connectivity index (χ4n) is 3.20. The Morgan fingerprint density at radius 2 is 1.67 bits per heavy atom. The van der Waals surface area contributed by atoms with Gasteiger partial charge >= 0.3 is 0 Å². The third-order valence-electron chi connectivity index (χ3n) is 4.36. The maximum absolute atomic E-state index is 4.75. The highest BCUT2D eigenvalue weighted by Gasteiger charge is 2.10. The third-order valence-corrected chi connectivity index (χ3v) is 6.04. The molecule has 5 rings (SSSR count). The molecule has 2 aromatic heterocycles. The Kier molecular flexibility index (Phi) is 3.18. The van der Waals surface area contributed by atoms with Crippen LogP contribution in [-0.2, 0) is 0 Å². The van der Waals surface area contributed by atoms with Gasteiger partial charge in [-0.15, -0.1) is 11.3 Å². The number of halogens is 1. The molecule has 24 heavy (non-hydrogen) atoms. The normalized spacial score (nSPS) is 11.5. The summed E-state index contributed by atoms with van der Waals surface area (Å²) in [5.41, 5.74) is 3.53. The van der Waals surface area contributed by atoms with Crippen LogP contribution < -0.4 is 0 Å². The molecule has 2 heterocycles. The van der Waals surface area contributed by atoms with Gasteiger partial charge < -0.3 is 0 Å². The zero-order valence-corrected chi connectivity index (χ0v) is 15.1.